The molecule has 0 saturated carbocycles. The van der Waals surface area contributed by atoms with E-state index in [1.807, 2.05) is 6.07 Å². The van der Waals surface area contributed by atoms with Gasteiger partial charge in [0.25, 0.3) is 0 Å². The molecule has 0 spiro atoms. The number of rotatable bonds is 4. The summed E-state index contributed by atoms with van der Waals surface area (Å²) in [5, 5.41) is 0.719. The molecule has 1 aromatic carbocycles. The number of halogens is 1. The number of benzene rings is 1. The van der Waals surface area contributed by atoms with Crippen LogP contribution in [-0.4, -0.2) is 26.5 Å². The Morgan fingerprint density at radius 1 is 1.25 bits per heavy atom. The predicted molar refractivity (Wildman–Crippen MR) is 75.0 cm³/mol. The van der Waals surface area contributed by atoms with Gasteiger partial charge in [-0.25, -0.2) is 19.3 Å². The largest absolute Gasteiger partial charge is 0.341 e. The van der Waals surface area contributed by atoms with Crippen LogP contribution in [-0.2, 0) is 6.42 Å². The SMILES string of the molecule is NCCc1c(F)cccc1Sc1ncnc2nc[nH]c12. The fourth-order valence-corrected chi connectivity index (χ4v) is 2.98. The van der Waals surface area contributed by atoms with Gasteiger partial charge >= 0.3 is 0 Å². The highest BCUT2D eigenvalue weighted by Gasteiger charge is 2.12. The zero-order valence-corrected chi connectivity index (χ0v) is 11.3. The molecule has 0 amide bonds. The Labute approximate surface area is 118 Å². The number of nitrogens with zero attached hydrogens (tertiary/aromatic N) is 3. The molecule has 3 aromatic rings. The predicted octanol–water partition coefficient (Wildman–Crippen LogP) is 2.14. The van der Waals surface area contributed by atoms with Gasteiger partial charge in [-0.1, -0.05) is 17.8 Å². The zero-order valence-electron chi connectivity index (χ0n) is 10.5. The van der Waals surface area contributed by atoms with Crippen LogP contribution in [0.4, 0.5) is 4.39 Å². The highest BCUT2D eigenvalue weighted by Crippen LogP contribution is 2.33. The molecule has 0 bridgehead atoms. The fourth-order valence-electron chi connectivity index (χ4n) is 1.95. The summed E-state index contributed by atoms with van der Waals surface area (Å²) in [6.45, 7) is 0.401. The molecule has 0 saturated heterocycles. The summed E-state index contributed by atoms with van der Waals surface area (Å²) < 4.78 is 13.9. The van der Waals surface area contributed by atoms with E-state index in [4.69, 9.17) is 5.73 Å². The van der Waals surface area contributed by atoms with Crippen molar-refractivity contribution in [2.75, 3.05) is 6.54 Å². The van der Waals surface area contributed by atoms with Gasteiger partial charge < -0.3 is 10.7 Å². The Morgan fingerprint density at radius 2 is 2.15 bits per heavy atom. The molecule has 102 valence electrons. The number of nitrogens with two attached hydrogens (primary N) is 1. The lowest BCUT2D eigenvalue weighted by atomic mass is 10.1. The molecule has 3 rings (SSSR count). The first-order valence-electron chi connectivity index (χ1n) is 6.09. The number of nitrogens with one attached hydrogen (secondary N) is 1. The smallest absolute Gasteiger partial charge is 0.181 e. The fraction of sp³-hybridized carbons (Fsp3) is 0.154. The molecule has 0 atom stereocenters. The van der Waals surface area contributed by atoms with E-state index < -0.39 is 0 Å². The third-order valence-electron chi connectivity index (χ3n) is 2.87. The zero-order chi connectivity index (χ0) is 13.9. The maximum absolute atomic E-state index is 13.9. The van der Waals surface area contributed by atoms with Gasteiger partial charge in [0.15, 0.2) is 5.65 Å². The van der Waals surface area contributed by atoms with E-state index in [1.54, 1.807) is 12.4 Å². The highest BCUT2D eigenvalue weighted by atomic mass is 32.2. The van der Waals surface area contributed by atoms with E-state index in [0.29, 0.717) is 24.2 Å². The lowest BCUT2D eigenvalue weighted by Gasteiger charge is -2.09. The number of H-pyrrole nitrogens is 1. The normalized spacial score (nSPS) is 11.1. The van der Waals surface area contributed by atoms with Crippen LogP contribution >= 0.6 is 11.8 Å². The van der Waals surface area contributed by atoms with Gasteiger partial charge in [-0.15, -0.1) is 0 Å². The summed E-state index contributed by atoms with van der Waals surface area (Å²) in [4.78, 5) is 16.2. The number of hydrogen-bond acceptors (Lipinski definition) is 5. The third-order valence-corrected chi connectivity index (χ3v) is 3.97. The van der Waals surface area contributed by atoms with E-state index in [0.717, 1.165) is 15.4 Å². The second-order valence-electron chi connectivity index (χ2n) is 4.14. The molecular weight excluding hydrogens is 277 g/mol. The Morgan fingerprint density at radius 3 is 3.00 bits per heavy atom. The van der Waals surface area contributed by atoms with Crippen LogP contribution in [0, 0.1) is 5.82 Å². The molecule has 0 aliphatic carbocycles. The average molecular weight is 289 g/mol. The van der Waals surface area contributed by atoms with Crippen molar-refractivity contribution in [3.05, 3.63) is 42.2 Å². The lowest BCUT2D eigenvalue weighted by Crippen LogP contribution is -2.05. The number of aromatic amines is 1. The van der Waals surface area contributed by atoms with Gasteiger partial charge in [0.05, 0.1) is 6.33 Å². The summed E-state index contributed by atoms with van der Waals surface area (Å²) in [5.74, 6) is -0.240. The van der Waals surface area contributed by atoms with Crippen LogP contribution in [0.15, 0.2) is 40.8 Å². The summed E-state index contributed by atoms with van der Waals surface area (Å²) in [5.41, 5.74) is 7.51. The van der Waals surface area contributed by atoms with Crippen molar-refractivity contribution in [2.45, 2.75) is 16.3 Å². The van der Waals surface area contributed by atoms with Crippen molar-refractivity contribution < 1.29 is 4.39 Å². The molecule has 2 heterocycles. The molecule has 0 aliphatic heterocycles. The monoisotopic (exact) mass is 289 g/mol. The maximum Gasteiger partial charge on any atom is 0.181 e. The second-order valence-corrected chi connectivity index (χ2v) is 5.17. The molecule has 2 aromatic heterocycles. The standard InChI is InChI=1S/C13H12FN5S/c14-9-2-1-3-10(8(9)4-5-15)20-13-11-12(17-6-16-11)18-7-19-13/h1-3,6-7H,4-5,15H2,(H,16,17,18,19). The second kappa shape index (κ2) is 5.56. The first-order valence-corrected chi connectivity index (χ1v) is 6.90. The van der Waals surface area contributed by atoms with E-state index in [9.17, 15) is 4.39 Å². The van der Waals surface area contributed by atoms with Crippen molar-refractivity contribution in [2.24, 2.45) is 5.73 Å². The third kappa shape index (κ3) is 2.37. The van der Waals surface area contributed by atoms with Crippen molar-refractivity contribution in [3.63, 3.8) is 0 Å². The number of fused-ring (bicyclic) bond motifs is 1. The minimum absolute atomic E-state index is 0.240. The maximum atomic E-state index is 13.9. The van der Waals surface area contributed by atoms with Crippen LogP contribution in [0.3, 0.4) is 0 Å². The first kappa shape index (κ1) is 13.0. The molecule has 0 aliphatic rings. The van der Waals surface area contributed by atoms with Crippen LogP contribution in [0.2, 0.25) is 0 Å². The summed E-state index contributed by atoms with van der Waals surface area (Å²) in [6.07, 6.45) is 3.51. The quantitative estimate of drug-likeness (QED) is 0.719. The van der Waals surface area contributed by atoms with Gasteiger partial charge in [-0.05, 0) is 25.1 Å². The van der Waals surface area contributed by atoms with Gasteiger partial charge in [-0.2, -0.15) is 0 Å². The van der Waals surface area contributed by atoms with Crippen molar-refractivity contribution in [1.82, 2.24) is 19.9 Å². The molecule has 20 heavy (non-hydrogen) atoms. The van der Waals surface area contributed by atoms with Crippen LogP contribution in [0.1, 0.15) is 5.56 Å². The van der Waals surface area contributed by atoms with Crippen LogP contribution < -0.4 is 5.73 Å². The van der Waals surface area contributed by atoms with Crippen molar-refractivity contribution in [1.29, 1.82) is 0 Å². The van der Waals surface area contributed by atoms with Crippen LogP contribution in [0.5, 0.6) is 0 Å². The van der Waals surface area contributed by atoms with Gasteiger partial charge in [0.1, 0.15) is 22.7 Å². The van der Waals surface area contributed by atoms with Crippen LogP contribution in [0.25, 0.3) is 11.2 Å². The molecule has 5 nitrogen and oxygen atoms in total. The Kier molecular flexibility index (Phi) is 3.62. The van der Waals surface area contributed by atoms with E-state index in [2.05, 4.69) is 19.9 Å². The van der Waals surface area contributed by atoms with Gasteiger partial charge in [0.2, 0.25) is 0 Å². The van der Waals surface area contributed by atoms with E-state index in [1.165, 1.54) is 24.2 Å². The highest BCUT2D eigenvalue weighted by molar-refractivity contribution is 7.99. The molecule has 0 unspecified atom stereocenters. The summed E-state index contributed by atoms with van der Waals surface area (Å²) in [7, 11) is 0. The summed E-state index contributed by atoms with van der Waals surface area (Å²) >= 11 is 1.38. The Balaban J connectivity index is 2.03. The number of aromatic nitrogens is 4. The Hall–Kier alpha value is -1.99. The minimum Gasteiger partial charge on any atom is -0.341 e. The average Bonchev–Trinajstić information content (AvgIpc) is 2.92. The minimum atomic E-state index is -0.240. The number of hydrogen-bond donors (Lipinski definition) is 2. The van der Waals surface area contributed by atoms with E-state index >= 15 is 0 Å². The van der Waals surface area contributed by atoms with Gasteiger partial charge in [-0.3, -0.25) is 0 Å². The van der Waals surface area contributed by atoms with E-state index in [-0.39, 0.29) is 5.82 Å². The molecule has 0 radical (unpaired) electrons. The molecule has 3 N–H and O–H groups in total. The number of imidazole rings is 1. The first-order chi connectivity index (χ1) is 9.79. The molecular formula is C13H12FN5S. The van der Waals surface area contributed by atoms with Gasteiger partial charge in [0, 0.05) is 10.5 Å². The van der Waals surface area contributed by atoms with Crippen molar-refractivity contribution in [3.8, 4) is 0 Å². The summed E-state index contributed by atoms with van der Waals surface area (Å²) in [6, 6.07) is 4.99. The lowest BCUT2D eigenvalue weighted by molar-refractivity contribution is 0.603. The van der Waals surface area contributed by atoms with Crippen molar-refractivity contribution >= 4 is 22.9 Å². The molecule has 0 fully saturated rings. The topological polar surface area (TPSA) is 80.5 Å². The Bertz CT molecular complexity index is 742. The molecule has 7 heteroatoms.